The van der Waals surface area contributed by atoms with Crippen LogP contribution in [-0.4, -0.2) is 28.7 Å². The van der Waals surface area contributed by atoms with Gasteiger partial charge in [0.25, 0.3) is 5.91 Å². The molecule has 0 aromatic heterocycles. The van der Waals surface area contributed by atoms with Crippen LogP contribution in [0.5, 0.6) is 5.75 Å². The second-order valence-electron chi connectivity index (χ2n) is 6.72. The van der Waals surface area contributed by atoms with E-state index in [2.05, 4.69) is 5.32 Å². The van der Waals surface area contributed by atoms with Crippen molar-refractivity contribution in [2.45, 2.75) is 32.0 Å². The minimum Gasteiger partial charge on any atom is -0.489 e. The number of nitrogens with one attached hydrogen (secondary N) is 1. The molecular formula is C20H16F2N2O4. The summed E-state index contributed by atoms with van der Waals surface area (Å²) in [5, 5.41) is 2.26. The standard InChI is InChI=1S/C20H16F2N2O4/c21-14-5-4-11(8-15(14)22)10-28-17-3-1-2-12-13(17)9-24(20(12)27)16-6-7-18(25)23-19(16)26/h1-5,8,16H,6-7,9-10H2,(H,23,25,26)/t16-/m1/s1. The molecule has 1 fully saturated rings. The highest BCUT2D eigenvalue weighted by Crippen LogP contribution is 2.33. The summed E-state index contributed by atoms with van der Waals surface area (Å²) in [5.74, 6) is -2.59. The molecule has 0 saturated carbocycles. The van der Waals surface area contributed by atoms with Crippen molar-refractivity contribution in [3.8, 4) is 5.75 Å². The van der Waals surface area contributed by atoms with E-state index in [-0.39, 0.29) is 37.8 Å². The van der Waals surface area contributed by atoms with Crippen LogP contribution in [0, 0.1) is 11.6 Å². The van der Waals surface area contributed by atoms with Gasteiger partial charge < -0.3 is 9.64 Å². The number of carbonyl (C=O) groups is 3. The second kappa shape index (κ2) is 7.03. The zero-order chi connectivity index (χ0) is 19.8. The van der Waals surface area contributed by atoms with Gasteiger partial charge in [0.15, 0.2) is 11.6 Å². The minimum atomic E-state index is -0.960. The van der Waals surface area contributed by atoms with Gasteiger partial charge in [-0.25, -0.2) is 8.78 Å². The molecule has 0 unspecified atom stereocenters. The predicted molar refractivity (Wildman–Crippen MR) is 93.2 cm³/mol. The van der Waals surface area contributed by atoms with Crippen LogP contribution >= 0.6 is 0 Å². The first-order valence-corrected chi connectivity index (χ1v) is 8.77. The third-order valence-electron chi connectivity index (χ3n) is 4.92. The molecule has 1 atom stereocenters. The number of fused-ring (bicyclic) bond motifs is 1. The highest BCUT2D eigenvalue weighted by atomic mass is 19.2. The number of imide groups is 1. The number of nitrogens with zero attached hydrogens (tertiary/aromatic N) is 1. The second-order valence-corrected chi connectivity index (χ2v) is 6.72. The number of hydrogen-bond acceptors (Lipinski definition) is 4. The fourth-order valence-corrected chi connectivity index (χ4v) is 3.48. The van der Waals surface area contributed by atoms with Gasteiger partial charge in [-0.3, -0.25) is 19.7 Å². The number of amides is 3. The molecule has 1 saturated heterocycles. The summed E-state index contributed by atoms with van der Waals surface area (Å²) in [6, 6.07) is 7.77. The van der Waals surface area contributed by atoms with Crippen LogP contribution in [0.4, 0.5) is 8.78 Å². The Kier molecular flexibility index (Phi) is 4.54. The Balaban J connectivity index is 1.53. The summed E-state index contributed by atoms with van der Waals surface area (Å²) in [7, 11) is 0. The summed E-state index contributed by atoms with van der Waals surface area (Å²) >= 11 is 0. The van der Waals surface area contributed by atoms with E-state index in [1.165, 1.54) is 11.0 Å². The van der Waals surface area contributed by atoms with Crippen molar-refractivity contribution in [2.24, 2.45) is 0 Å². The lowest BCUT2D eigenvalue weighted by atomic mass is 10.0. The third kappa shape index (κ3) is 3.21. The Bertz CT molecular complexity index is 992. The topological polar surface area (TPSA) is 75.7 Å². The molecule has 4 rings (SSSR count). The normalized spacial score (nSPS) is 18.9. The van der Waals surface area contributed by atoms with Crippen molar-refractivity contribution < 1.29 is 27.9 Å². The molecule has 0 spiro atoms. The lowest BCUT2D eigenvalue weighted by Crippen LogP contribution is -2.52. The predicted octanol–water partition coefficient (Wildman–Crippen LogP) is 2.30. The van der Waals surface area contributed by atoms with Crippen LogP contribution in [0.1, 0.15) is 34.3 Å². The Hall–Kier alpha value is -3.29. The summed E-state index contributed by atoms with van der Waals surface area (Å²) in [5.41, 5.74) is 1.50. The highest BCUT2D eigenvalue weighted by molar-refractivity contribution is 6.05. The molecule has 0 aliphatic carbocycles. The molecule has 8 heteroatoms. The molecule has 6 nitrogen and oxygen atoms in total. The lowest BCUT2D eigenvalue weighted by molar-refractivity contribution is -0.136. The minimum absolute atomic E-state index is 0.000258. The van der Waals surface area contributed by atoms with Crippen LogP contribution in [-0.2, 0) is 22.7 Å². The summed E-state index contributed by atoms with van der Waals surface area (Å²) in [6.07, 6.45) is 0.450. The van der Waals surface area contributed by atoms with Gasteiger partial charge in [0.05, 0.1) is 6.54 Å². The summed E-state index contributed by atoms with van der Waals surface area (Å²) in [4.78, 5) is 37.6. The zero-order valence-electron chi connectivity index (χ0n) is 14.7. The van der Waals surface area contributed by atoms with Gasteiger partial charge in [0, 0.05) is 17.5 Å². The van der Waals surface area contributed by atoms with Crippen molar-refractivity contribution >= 4 is 17.7 Å². The van der Waals surface area contributed by atoms with Gasteiger partial charge in [-0.05, 0) is 36.2 Å². The van der Waals surface area contributed by atoms with E-state index in [0.29, 0.717) is 22.4 Å². The van der Waals surface area contributed by atoms with Crippen molar-refractivity contribution in [3.05, 3.63) is 64.7 Å². The number of piperidine rings is 1. The van der Waals surface area contributed by atoms with Crippen LogP contribution in [0.25, 0.3) is 0 Å². The molecule has 3 amide bonds. The van der Waals surface area contributed by atoms with E-state index in [1.54, 1.807) is 18.2 Å². The number of benzene rings is 2. The first-order chi connectivity index (χ1) is 13.4. The van der Waals surface area contributed by atoms with Crippen LogP contribution in [0.15, 0.2) is 36.4 Å². The smallest absolute Gasteiger partial charge is 0.255 e. The molecule has 2 aliphatic rings. The van der Waals surface area contributed by atoms with Crippen molar-refractivity contribution in [3.63, 3.8) is 0 Å². The lowest BCUT2D eigenvalue weighted by Gasteiger charge is -2.29. The van der Waals surface area contributed by atoms with Gasteiger partial charge in [0.2, 0.25) is 11.8 Å². The molecule has 2 aromatic rings. The fourth-order valence-electron chi connectivity index (χ4n) is 3.48. The molecule has 144 valence electrons. The van der Waals surface area contributed by atoms with E-state index in [9.17, 15) is 23.2 Å². The quantitative estimate of drug-likeness (QED) is 0.819. The SMILES string of the molecule is O=C1CC[C@@H](N2Cc3c(OCc4ccc(F)c(F)c4)cccc3C2=O)C(=O)N1. The number of hydrogen-bond donors (Lipinski definition) is 1. The number of halogens is 2. The Morgan fingerprint density at radius 1 is 1.11 bits per heavy atom. The molecular weight excluding hydrogens is 370 g/mol. The molecule has 28 heavy (non-hydrogen) atoms. The van der Waals surface area contributed by atoms with Crippen LogP contribution in [0.2, 0.25) is 0 Å². The van der Waals surface area contributed by atoms with E-state index in [1.807, 2.05) is 0 Å². The molecule has 0 bridgehead atoms. The number of carbonyl (C=O) groups excluding carboxylic acids is 3. The molecule has 2 aromatic carbocycles. The maximum absolute atomic E-state index is 13.4. The van der Waals surface area contributed by atoms with Gasteiger partial charge in [-0.15, -0.1) is 0 Å². The Morgan fingerprint density at radius 3 is 2.68 bits per heavy atom. The van der Waals surface area contributed by atoms with Crippen molar-refractivity contribution in [1.29, 1.82) is 0 Å². The van der Waals surface area contributed by atoms with Crippen molar-refractivity contribution in [1.82, 2.24) is 10.2 Å². The van der Waals surface area contributed by atoms with Gasteiger partial charge >= 0.3 is 0 Å². The van der Waals surface area contributed by atoms with E-state index >= 15 is 0 Å². The monoisotopic (exact) mass is 386 g/mol. The first kappa shape index (κ1) is 18.1. The van der Waals surface area contributed by atoms with Gasteiger partial charge in [0.1, 0.15) is 18.4 Å². The zero-order valence-corrected chi connectivity index (χ0v) is 14.7. The molecule has 1 N–H and O–H groups in total. The molecule has 0 radical (unpaired) electrons. The molecule has 2 heterocycles. The van der Waals surface area contributed by atoms with Gasteiger partial charge in [-0.1, -0.05) is 12.1 Å². The van der Waals surface area contributed by atoms with Gasteiger partial charge in [-0.2, -0.15) is 0 Å². The summed E-state index contributed by atoms with van der Waals surface area (Å²) in [6.45, 7) is 0.175. The highest BCUT2D eigenvalue weighted by Gasteiger charge is 2.40. The number of rotatable bonds is 4. The first-order valence-electron chi connectivity index (χ1n) is 8.77. The fraction of sp³-hybridized carbons (Fsp3) is 0.250. The largest absolute Gasteiger partial charge is 0.489 e. The maximum atomic E-state index is 13.4. The average molecular weight is 386 g/mol. The van der Waals surface area contributed by atoms with Crippen LogP contribution < -0.4 is 10.1 Å². The Labute approximate surface area is 159 Å². The average Bonchev–Trinajstić information content (AvgIpc) is 3.00. The number of ether oxygens (including phenoxy) is 1. The Morgan fingerprint density at radius 2 is 1.93 bits per heavy atom. The summed E-state index contributed by atoms with van der Waals surface area (Å²) < 4.78 is 32.1. The third-order valence-corrected chi connectivity index (χ3v) is 4.92. The van der Waals surface area contributed by atoms with E-state index in [0.717, 1.165) is 12.1 Å². The maximum Gasteiger partial charge on any atom is 0.255 e. The van der Waals surface area contributed by atoms with Crippen molar-refractivity contribution in [2.75, 3.05) is 0 Å². The van der Waals surface area contributed by atoms with Crippen LogP contribution in [0.3, 0.4) is 0 Å². The van der Waals surface area contributed by atoms with E-state index in [4.69, 9.17) is 4.74 Å². The molecule has 2 aliphatic heterocycles. The van der Waals surface area contributed by atoms with E-state index < -0.39 is 23.6 Å².